The summed E-state index contributed by atoms with van der Waals surface area (Å²) in [7, 11) is -3.89. The molecule has 9 nitrogen and oxygen atoms in total. The van der Waals surface area contributed by atoms with E-state index in [0.29, 0.717) is 24.2 Å². The highest BCUT2D eigenvalue weighted by Gasteiger charge is 2.31. The van der Waals surface area contributed by atoms with Crippen LogP contribution < -0.4 is 15.1 Å². The Labute approximate surface area is 168 Å². The van der Waals surface area contributed by atoms with Gasteiger partial charge in [-0.2, -0.15) is 0 Å². The predicted octanol–water partition coefficient (Wildman–Crippen LogP) is 1.08. The maximum absolute atomic E-state index is 12.5. The predicted molar refractivity (Wildman–Crippen MR) is 103 cm³/mol. The van der Waals surface area contributed by atoms with Crippen molar-refractivity contribution in [1.82, 2.24) is 9.97 Å². The van der Waals surface area contributed by atoms with E-state index >= 15 is 0 Å². The Morgan fingerprint density at radius 2 is 1.72 bits per heavy atom. The van der Waals surface area contributed by atoms with Crippen LogP contribution in [0.3, 0.4) is 0 Å². The smallest absolute Gasteiger partial charge is 0.264 e. The molecule has 0 aliphatic heterocycles. The van der Waals surface area contributed by atoms with Crippen molar-refractivity contribution in [1.29, 1.82) is 0 Å². The number of benzene rings is 1. The van der Waals surface area contributed by atoms with Gasteiger partial charge >= 0.3 is 0 Å². The van der Waals surface area contributed by atoms with Crippen molar-refractivity contribution in [2.24, 2.45) is 11.8 Å². The molecule has 0 saturated heterocycles. The first-order valence-electron chi connectivity index (χ1n) is 9.20. The van der Waals surface area contributed by atoms with Crippen molar-refractivity contribution in [2.45, 2.75) is 37.5 Å². The molecule has 29 heavy (non-hydrogen) atoms. The van der Waals surface area contributed by atoms with Crippen LogP contribution in [0, 0.1) is 18.8 Å². The van der Waals surface area contributed by atoms with Crippen LogP contribution in [0.5, 0.6) is 0 Å². The molecule has 0 radical (unpaired) electrons. The van der Waals surface area contributed by atoms with Crippen molar-refractivity contribution >= 4 is 33.5 Å². The maximum atomic E-state index is 12.5. The topological polar surface area (TPSA) is 141 Å². The molecule has 1 aliphatic rings. The first-order chi connectivity index (χ1) is 13.8. The summed E-state index contributed by atoms with van der Waals surface area (Å²) in [4.78, 5) is 31.6. The first kappa shape index (κ1) is 20.7. The number of aromatic nitrogens is 2. The Kier molecular flexibility index (Phi) is 6.12. The van der Waals surface area contributed by atoms with E-state index in [9.17, 15) is 23.1 Å². The maximum Gasteiger partial charge on any atom is 0.264 e. The van der Waals surface area contributed by atoms with Crippen LogP contribution in [0.25, 0.3) is 0 Å². The highest BCUT2D eigenvalue weighted by molar-refractivity contribution is 7.92. The Balaban J connectivity index is 1.69. The van der Waals surface area contributed by atoms with Gasteiger partial charge in [0.25, 0.3) is 10.0 Å². The summed E-state index contributed by atoms with van der Waals surface area (Å²) in [5, 5.41) is 13.9. The summed E-state index contributed by atoms with van der Waals surface area (Å²) in [6, 6.07) is 7.21. The molecule has 10 heteroatoms. The molecule has 3 rings (SSSR count). The van der Waals surface area contributed by atoms with Crippen LogP contribution in [0.4, 0.5) is 11.6 Å². The standard InChI is InChI=1S/C19H22N4O5S/c1-12-10-11-20-19(21-12)23-29(27,28)14-8-6-13(7-9-14)22-17(24)15-4-2-3-5-16(15)18(25)26/h6-11,15-16H,2-5H2,1H3,(H,22,24)(H,25,26)(H,20,21,23)/p-1. The third-order valence-corrected chi connectivity index (χ3v) is 6.20. The van der Waals surface area contributed by atoms with E-state index in [1.54, 1.807) is 13.0 Å². The highest BCUT2D eigenvalue weighted by Crippen LogP contribution is 2.31. The molecule has 1 aromatic heterocycles. The molecule has 1 aliphatic carbocycles. The molecule has 2 N–H and O–H groups in total. The van der Waals surface area contributed by atoms with Gasteiger partial charge in [-0.25, -0.2) is 23.1 Å². The zero-order valence-corrected chi connectivity index (χ0v) is 16.6. The number of carbonyl (C=O) groups excluding carboxylic acids is 2. The number of carboxylic acids is 1. The average molecular weight is 417 g/mol. The van der Waals surface area contributed by atoms with Gasteiger partial charge in [0.1, 0.15) is 0 Å². The van der Waals surface area contributed by atoms with Gasteiger partial charge in [-0.1, -0.05) is 12.8 Å². The molecule has 0 spiro atoms. The molecule has 2 unspecified atom stereocenters. The van der Waals surface area contributed by atoms with Crippen molar-refractivity contribution in [3.63, 3.8) is 0 Å². The van der Waals surface area contributed by atoms with Gasteiger partial charge in [0.2, 0.25) is 11.9 Å². The summed E-state index contributed by atoms with van der Waals surface area (Å²) in [6.45, 7) is 1.72. The van der Waals surface area contributed by atoms with Gasteiger partial charge in [-0.05, 0) is 50.1 Å². The Bertz CT molecular complexity index is 1010. The fourth-order valence-corrected chi connectivity index (χ4v) is 4.31. The average Bonchev–Trinajstić information content (AvgIpc) is 2.68. The molecule has 1 fully saturated rings. The molecule has 1 saturated carbocycles. The van der Waals surface area contributed by atoms with Crippen molar-refractivity contribution in [3.05, 3.63) is 42.2 Å². The SMILES string of the molecule is Cc1ccnc(NS(=O)(=O)c2ccc(NC(=O)C3CCCCC3C(=O)[O-])cc2)n1. The van der Waals surface area contributed by atoms with E-state index in [4.69, 9.17) is 0 Å². The lowest BCUT2D eigenvalue weighted by atomic mass is 9.78. The van der Waals surface area contributed by atoms with Crippen molar-refractivity contribution in [2.75, 3.05) is 10.0 Å². The lowest BCUT2D eigenvalue weighted by molar-refractivity contribution is -0.313. The van der Waals surface area contributed by atoms with Gasteiger partial charge in [0.05, 0.1) is 4.90 Å². The van der Waals surface area contributed by atoms with Gasteiger partial charge in [0.15, 0.2) is 0 Å². The Morgan fingerprint density at radius 3 is 2.34 bits per heavy atom. The number of carboxylic acid groups (broad SMARTS) is 1. The van der Waals surface area contributed by atoms with E-state index in [1.165, 1.54) is 30.5 Å². The molecule has 2 atom stereocenters. The quantitative estimate of drug-likeness (QED) is 0.716. The molecule has 1 aromatic carbocycles. The van der Waals surface area contributed by atoms with Crippen LogP contribution in [-0.4, -0.2) is 30.3 Å². The minimum atomic E-state index is -3.89. The van der Waals surface area contributed by atoms with E-state index in [-0.39, 0.29) is 10.8 Å². The summed E-state index contributed by atoms with van der Waals surface area (Å²) < 4.78 is 27.2. The van der Waals surface area contributed by atoms with Crippen LogP contribution in [-0.2, 0) is 19.6 Å². The number of carbonyl (C=O) groups is 2. The third-order valence-electron chi connectivity index (χ3n) is 4.86. The molecular weight excluding hydrogens is 396 g/mol. The largest absolute Gasteiger partial charge is 0.550 e. The minimum Gasteiger partial charge on any atom is -0.550 e. The van der Waals surface area contributed by atoms with Crippen molar-refractivity contribution in [3.8, 4) is 0 Å². The molecule has 154 valence electrons. The van der Waals surface area contributed by atoms with Gasteiger partial charge in [-0.15, -0.1) is 0 Å². The second kappa shape index (κ2) is 8.56. The number of hydrogen-bond donors (Lipinski definition) is 2. The lowest BCUT2D eigenvalue weighted by Crippen LogP contribution is -2.42. The fraction of sp³-hybridized carbons (Fsp3) is 0.368. The van der Waals surface area contributed by atoms with Crippen LogP contribution in [0.2, 0.25) is 0 Å². The van der Waals surface area contributed by atoms with E-state index in [1.807, 2.05) is 0 Å². The number of nitrogens with zero attached hydrogens (tertiary/aromatic N) is 2. The zero-order valence-electron chi connectivity index (χ0n) is 15.8. The third kappa shape index (κ3) is 5.08. The number of aryl methyl sites for hydroxylation is 1. The number of amides is 1. The summed E-state index contributed by atoms with van der Waals surface area (Å²) >= 11 is 0. The Hall–Kier alpha value is -3.01. The van der Waals surface area contributed by atoms with Gasteiger partial charge in [-0.3, -0.25) is 4.79 Å². The lowest BCUT2D eigenvalue weighted by Gasteiger charge is -2.31. The summed E-state index contributed by atoms with van der Waals surface area (Å²) in [5.74, 6) is -3.11. The number of anilines is 2. The van der Waals surface area contributed by atoms with Gasteiger partial charge in [0, 0.05) is 35.4 Å². The van der Waals surface area contributed by atoms with Crippen LogP contribution >= 0.6 is 0 Å². The normalized spacial score (nSPS) is 19.3. The monoisotopic (exact) mass is 417 g/mol. The zero-order chi connectivity index (χ0) is 21.0. The molecule has 1 heterocycles. The van der Waals surface area contributed by atoms with E-state index < -0.39 is 33.7 Å². The summed E-state index contributed by atoms with van der Waals surface area (Å²) in [6.07, 6.45) is 3.89. The highest BCUT2D eigenvalue weighted by atomic mass is 32.2. The van der Waals surface area contributed by atoms with Crippen LogP contribution in [0.15, 0.2) is 41.4 Å². The summed E-state index contributed by atoms with van der Waals surface area (Å²) in [5.41, 5.74) is 0.997. The number of nitrogens with one attached hydrogen (secondary N) is 2. The molecular formula is C19H21N4O5S-. The second-order valence-electron chi connectivity index (χ2n) is 6.96. The minimum absolute atomic E-state index is 0.0223. The van der Waals surface area contributed by atoms with Crippen molar-refractivity contribution < 1.29 is 23.1 Å². The number of sulfonamides is 1. The fourth-order valence-electron chi connectivity index (χ4n) is 3.36. The van der Waals surface area contributed by atoms with Crippen LogP contribution in [0.1, 0.15) is 31.4 Å². The number of hydrogen-bond acceptors (Lipinski definition) is 7. The van der Waals surface area contributed by atoms with E-state index in [2.05, 4.69) is 20.0 Å². The number of aliphatic carboxylic acids is 1. The first-order valence-corrected chi connectivity index (χ1v) is 10.7. The molecule has 2 aromatic rings. The molecule has 1 amide bonds. The van der Waals surface area contributed by atoms with Gasteiger partial charge < -0.3 is 15.2 Å². The molecule has 0 bridgehead atoms. The second-order valence-corrected chi connectivity index (χ2v) is 8.64. The Morgan fingerprint density at radius 1 is 1.07 bits per heavy atom. The van der Waals surface area contributed by atoms with E-state index in [0.717, 1.165) is 12.8 Å². The number of rotatable bonds is 6.